The molecule has 0 bridgehead atoms. The normalized spacial score (nSPS) is 15.0. The Balaban J connectivity index is 3.14. The number of hydrogen-bond acceptors (Lipinski definition) is 5. The Morgan fingerprint density at radius 1 is 1.25 bits per heavy atom. The Morgan fingerprint density at radius 3 is 2.62 bits per heavy atom. The summed E-state index contributed by atoms with van der Waals surface area (Å²) in [5, 5.41) is 21.6. The van der Waals surface area contributed by atoms with Crippen molar-refractivity contribution in [1.29, 1.82) is 0 Å². The molecule has 0 fully saturated rings. The second-order valence-electron chi connectivity index (χ2n) is 3.92. The molecule has 0 aromatic heterocycles. The zero-order valence-electron chi connectivity index (χ0n) is 10.3. The molecule has 0 heterocycles. The first-order valence-electron chi connectivity index (χ1n) is 5.80. The van der Waals surface area contributed by atoms with E-state index in [1.807, 2.05) is 0 Å². The highest BCUT2D eigenvalue weighted by atomic mass is 16.5. The molecule has 0 saturated carbocycles. The van der Waals surface area contributed by atoms with Crippen LogP contribution in [-0.2, 0) is 9.47 Å². The van der Waals surface area contributed by atoms with E-state index >= 15 is 0 Å². The van der Waals surface area contributed by atoms with Crippen molar-refractivity contribution in [3.63, 3.8) is 0 Å². The van der Waals surface area contributed by atoms with Crippen molar-refractivity contribution in [2.75, 3.05) is 40.0 Å². The van der Waals surface area contributed by atoms with E-state index in [0.717, 1.165) is 19.4 Å². The van der Waals surface area contributed by atoms with Gasteiger partial charge in [0.05, 0.1) is 32.0 Å². The quantitative estimate of drug-likeness (QED) is 0.431. The highest BCUT2D eigenvalue weighted by Gasteiger charge is 2.03. The molecule has 3 N–H and O–H groups in total. The molecule has 2 unspecified atom stereocenters. The first kappa shape index (κ1) is 15.8. The minimum Gasteiger partial charge on any atom is -0.393 e. The number of rotatable bonds is 11. The third-order valence-electron chi connectivity index (χ3n) is 2.10. The SMILES string of the molecule is COCCOCC(O)CNCCCC(C)O. The number of hydrogen-bond donors (Lipinski definition) is 3. The molecule has 0 aliphatic heterocycles. The van der Waals surface area contributed by atoms with Gasteiger partial charge in [-0.05, 0) is 26.3 Å². The van der Waals surface area contributed by atoms with Crippen LogP contribution in [0.25, 0.3) is 0 Å². The molecule has 0 spiro atoms. The van der Waals surface area contributed by atoms with Gasteiger partial charge in [-0.15, -0.1) is 0 Å². The molecule has 16 heavy (non-hydrogen) atoms. The number of ether oxygens (including phenoxy) is 2. The maximum Gasteiger partial charge on any atom is 0.0897 e. The maximum absolute atomic E-state index is 9.48. The molecular formula is C11H25NO4. The van der Waals surface area contributed by atoms with E-state index < -0.39 is 6.10 Å². The lowest BCUT2D eigenvalue weighted by atomic mass is 10.2. The van der Waals surface area contributed by atoms with Crippen LogP contribution >= 0.6 is 0 Å². The van der Waals surface area contributed by atoms with E-state index in [0.29, 0.717) is 26.4 Å². The fraction of sp³-hybridized carbons (Fsp3) is 1.00. The van der Waals surface area contributed by atoms with Crippen LogP contribution in [0, 0.1) is 0 Å². The number of aliphatic hydroxyl groups excluding tert-OH is 2. The van der Waals surface area contributed by atoms with Crippen LogP contribution in [-0.4, -0.2) is 62.4 Å². The van der Waals surface area contributed by atoms with Crippen LogP contribution in [0.15, 0.2) is 0 Å². The largest absolute Gasteiger partial charge is 0.393 e. The first-order chi connectivity index (χ1) is 7.66. The van der Waals surface area contributed by atoms with Gasteiger partial charge in [-0.3, -0.25) is 0 Å². The predicted molar refractivity (Wildman–Crippen MR) is 62.5 cm³/mol. The molecular weight excluding hydrogens is 210 g/mol. The van der Waals surface area contributed by atoms with Gasteiger partial charge in [-0.1, -0.05) is 0 Å². The van der Waals surface area contributed by atoms with Gasteiger partial charge in [-0.2, -0.15) is 0 Å². The van der Waals surface area contributed by atoms with Crippen LogP contribution in [0.4, 0.5) is 0 Å². The molecule has 2 atom stereocenters. The molecule has 0 aliphatic carbocycles. The molecule has 0 rings (SSSR count). The Bertz CT molecular complexity index is 144. The molecule has 5 heteroatoms. The van der Waals surface area contributed by atoms with E-state index in [1.165, 1.54) is 0 Å². The monoisotopic (exact) mass is 235 g/mol. The second kappa shape index (κ2) is 11.3. The Hall–Kier alpha value is -0.200. The Kier molecular flexibility index (Phi) is 11.1. The van der Waals surface area contributed by atoms with E-state index in [9.17, 15) is 5.11 Å². The molecule has 0 aromatic carbocycles. The average Bonchev–Trinajstić information content (AvgIpc) is 2.23. The van der Waals surface area contributed by atoms with Gasteiger partial charge >= 0.3 is 0 Å². The standard InChI is InChI=1S/C11H25NO4/c1-10(13)4-3-5-12-8-11(14)9-16-7-6-15-2/h10-14H,3-9H2,1-2H3. The third kappa shape index (κ3) is 11.9. The van der Waals surface area contributed by atoms with Gasteiger partial charge in [0.1, 0.15) is 0 Å². The van der Waals surface area contributed by atoms with Crippen LogP contribution in [0.2, 0.25) is 0 Å². The van der Waals surface area contributed by atoms with Crippen molar-refractivity contribution in [3.05, 3.63) is 0 Å². The Morgan fingerprint density at radius 2 is 2.00 bits per heavy atom. The van der Waals surface area contributed by atoms with Crippen molar-refractivity contribution in [1.82, 2.24) is 5.32 Å². The molecule has 5 nitrogen and oxygen atoms in total. The summed E-state index contributed by atoms with van der Waals surface area (Å²) in [7, 11) is 1.61. The summed E-state index contributed by atoms with van der Waals surface area (Å²) >= 11 is 0. The maximum atomic E-state index is 9.48. The van der Waals surface area contributed by atoms with Crippen LogP contribution in [0.3, 0.4) is 0 Å². The van der Waals surface area contributed by atoms with Crippen LogP contribution in [0.5, 0.6) is 0 Å². The smallest absolute Gasteiger partial charge is 0.0897 e. The minimum absolute atomic E-state index is 0.246. The van der Waals surface area contributed by atoms with Crippen molar-refractivity contribution < 1.29 is 19.7 Å². The van der Waals surface area contributed by atoms with E-state index in [-0.39, 0.29) is 6.10 Å². The van der Waals surface area contributed by atoms with Gasteiger partial charge in [0.25, 0.3) is 0 Å². The second-order valence-corrected chi connectivity index (χ2v) is 3.92. The fourth-order valence-corrected chi connectivity index (χ4v) is 1.21. The van der Waals surface area contributed by atoms with Gasteiger partial charge in [0.15, 0.2) is 0 Å². The van der Waals surface area contributed by atoms with E-state index in [2.05, 4.69) is 5.32 Å². The molecule has 0 amide bonds. The lowest BCUT2D eigenvalue weighted by Gasteiger charge is -2.12. The summed E-state index contributed by atoms with van der Waals surface area (Å²) in [4.78, 5) is 0. The summed E-state index contributed by atoms with van der Waals surface area (Å²) in [5.41, 5.74) is 0. The number of methoxy groups -OCH3 is 1. The fourth-order valence-electron chi connectivity index (χ4n) is 1.21. The van der Waals surface area contributed by atoms with E-state index in [1.54, 1.807) is 14.0 Å². The number of nitrogens with one attached hydrogen (secondary N) is 1. The summed E-state index contributed by atoms with van der Waals surface area (Å²) in [6.07, 6.45) is 0.968. The summed E-state index contributed by atoms with van der Waals surface area (Å²) in [6, 6.07) is 0. The zero-order chi connectivity index (χ0) is 12.2. The number of aliphatic hydroxyl groups is 2. The summed E-state index contributed by atoms with van der Waals surface area (Å²) < 4.78 is 9.99. The van der Waals surface area contributed by atoms with Gasteiger partial charge < -0.3 is 25.0 Å². The Labute approximate surface area is 97.8 Å². The lowest BCUT2D eigenvalue weighted by Crippen LogP contribution is -2.31. The van der Waals surface area contributed by atoms with Gasteiger partial charge in [-0.25, -0.2) is 0 Å². The summed E-state index contributed by atoms with van der Waals surface area (Å²) in [5.74, 6) is 0. The molecule has 98 valence electrons. The van der Waals surface area contributed by atoms with Crippen molar-refractivity contribution in [2.45, 2.75) is 32.0 Å². The van der Waals surface area contributed by atoms with Crippen molar-refractivity contribution >= 4 is 0 Å². The first-order valence-corrected chi connectivity index (χ1v) is 5.80. The van der Waals surface area contributed by atoms with Crippen LogP contribution in [0.1, 0.15) is 19.8 Å². The lowest BCUT2D eigenvalue weighted by molar-refractivity contribution is 0.0138. The van der Waals surface area contributed by atoms with Gasteiger partial charge in [0.2, 0.25) is 0 Å². The minimum atomic E-state index is -0.483. The average molecular weight is 235 g/mol. The predicted octanol–water partition coefficient (Wildman–Crippen LogP) is -0.239. The highest BCUT2D eigenvalue weighted by Crippen LogP contribution is 1.93. The van der Waals surface area contributed by atoms with E-state index in [4.69, 9.17) is 14.6 Å². The third-order valence-corrected chi connectivity index (χ3v) is 2.10. The summed E-state index contributed by atoms with van der Waals surface area (Å²) in [6.45, 7) is 4.49. The highest BCUT2D eigenvalue weighted by molar-refractivity contribution is 4.59. The topological polar surface area (TPSA) is 71.0 Å². The van der Waals surface area contributed by atoms with Crippen LogP contribution < -0.4 is 5.32 Å². The molecule has 0 aliphatic rings. The molecule has 0 saturated heterocycles. The van der Waals surface area contributed by atoms with Crippen molar-refractivity contribution in [2.24, 2.45) is 0 Å². The molecule has 0 radical (unpaired) electrons. The molecule has 0 aromatic rings. The van der Waals surface area contributed by atoms with Crippen molar-refractivity contribution in [3.8, 4) is 0 Å². The van der Waals surface area contributed by atoms with Gasteiger partial charge in [0, 0.05) is 13.7 Å². The zero-order valence-corrected chi connectivity index (χ0v) is 10.3.